The number of nitrogens with zero attached hydrogens (tertiary/aromatic N) is 1. The highest BCUT2D eigenvalue weighted by Crippen LogP contribution is 2.22. The van der Waals surface area contributed by atoms with Gasteiger partial charge in [-0.2, -0.15) is 0 Å². The summed E-state index contributed by atoms with van der Waals surface area (Å²) in [5.41, 5.74) is 0.751. The number of rotatable bonds is 6. The highest BCUT2D eigenvalue weighted by Gasteiger charge is 2.26. The number of carbonyl (C=O) groups is 1. The van der Waals surface area contributed by atoms with Crippen molar-refractivity contribution in [1.82, 2.24) is 10.2 Å². The fraction of sp³-hybridized carbons (Fsp3) is 0.562. The summed E-state index contributed by atoms with van der Waals surface area (Å²) in [5.74, 6) is -0.210. The van der Waals surface area contributed by atoms with Crippen LogP contribution in [0, 0.1) is 11.7 Å². The Balaban J connectivity index is 0.00000264. The average Bonchev–Trinajstić information content (AvgIpc) is 2.53. The third-order valence-corrected chi connectivity index (χ3v) is 4.29. The van der Waals surface area contributed by atoms with Gasteiger partial charge >= 0.3 is 0 Å². The van der Waals surface area contributed by atoms with Crippen molar-refractivity contribution in [2.24, 2.45) is 5.92 Å². The van der Waals surface area contributed by atoms with Gasteiger partial charge in [0, 0.05) is 31.1 Å². The molecule has 1 aromatic carbocycles. The van der Waals surface area contributed by atoms with E-state index in [0.717, 1.165) is 31.5 Å². The van der Waals surface area contributed by atoms with Crippen LogP contribution in [0.1, 0.15) is 18.4 Å². The zero-order valence-corrected chi connectivity index (χ0v) is 14.8. The van der Waals surface area contributed by atoms with Crippen LogP contribution < -0.4 is 5.32 Å². The van der Waals surface area contributed by atoms with Gasteiger partial charge in [-0.3, -0.25) is 4.79 Å². The molecule has 0 saturated carbocycles. The molecule has 0 radical (unpaired) electrons. The number of benzene rings is 1. The molecule has 1 aliphatic heterocycles. The first kappa shape index (κ1) is 20.2. The van der Waals surface area contributed by atoms with Crippen molar-refractivity contribution in [3.63, 3.8) is 0 Å². The number of amides is 1. The van der Waals surface area contributed by atoms with E-state index in [1.54, 1.807) is 18.1 Å². The summed E-state index contributed by atoms with van der Waals surface area (Å²) < 4.78 is 18.2. The maximum absolute atomic E-state index is 13.1. The monoisotopic (exact) mass is 364 g/mol. The minimum Gasteiger partial charge on any atom is -0.383 e. The van der Waals surface area contributed by atoms with Crippen molar-refractivity contribution in [2.45, 2.75) is 19.4 Å². The molecule has 2 rings (SSSR count). The van der Waals surface area contributed by atoms with Crippen LogP contribution in [-0.4, -0.2) is 44.2 Å². The second kappa shape index (κ2) is 10.1. The van der Waals surface area contributed by atoms with Gasteiger partial charge in [0.25, 0.3) is 0 Å². The summed E-state index contributed by atoms with van der Waals surface area (Å²) in [5, 5.41) is 3.61. The van der Waals surface area contributed by atoms with Gasteiger partial charge in [0.05, 0.1) is 6.61 Å². The van der Waals surface area contributed by atoms with E-state index >= 15 is 0 Å². The minimum atomic E-state index is -0.373. The van der Waals surface area contributed by atoms with E-state index in [9.17, 15) is 9.18 Å². The number of piperidine rings is 1. The van der Waals surface area contributed by atoms with E-state index in [0.29, 0.717) is 24.7 Å². The second-order valence-electron chi connectivity index (χ2n) is 5.51. The van der Waals surface area contributed by atoms with E-state index in [1.807, 2.05) is 0 Å². The number of hydrogen-bond acceptors (Lipinski definition) is 3. The van der Waals surface area contributed by atoms with E-state index in [-0.39, 0.29) is 30.0 Å². The number of nitrogens with one attached hydrogen (secondary N) is 1. The molecular weight excluding hydrogens is 342 g/mol. The van der Waals surface area contributed by atoms with Crippen LogP contribution in [-0.2, 0) is 16.1 Å². The van der Waals surface area contributed by atoms with E-state index < -0.39 is 0 Å². The summed E-state index contributed by atoms with van der Waals surface area (Å²) in [7, 11) is 1.61. The smallest absolute Gasteiger partial charge is 0.226 e. The minimum absolute atomic E-state index is 0. The van der Waals surface area contributed by atoms with Crippen LogP contribution in [0.2, 0.25) is 5.02 Å². The summed E-state index contributed by atoms with van der Waals surface area (Å²) in [6, 6.07) is 4.28. The molecule has 23 heavy (non-hydrogen) atoms. The molecule has 4 nitrogen and oxygen atoms in total. The van der Waals surface area contributed by atoms with Crippen LogP contribution in [0.5, 0.6) is 0 Å². The van der Waals surface area contributed by atoms with E-state index in [4.69, 9.17) is 16.3 Å². The first-order valence-corrected chi connectivity index (χ1v) is 7.92. The van der Waals surface area contributed by atoms with E-state index in [1.165, 1.54) is 12.1 Å². The van der Waals surface area contributed by atoms with Crippen LogP contribution in [0.3, 0.4) is 0 Å². The van der Waals surface area contributed by atoms with E-state index in [2.05, 4.69) is 5.32 Å². The fourth-order valence-corrected chi connectivity index (χ4v) is 2.88. The molecule has 0 atom stereocenters. The highest BCUT2D eigenvalue weighted by molar-refractivity contribution is 6.31. The van der Waals surface area contributed by atoms with Gasteiger partial charge in [-0.15, -0.1) is 12.4 Å². The standard InChI is InChI=1S/C16H22ClFN2O2.ClH/c1-22-9-8-20(16(21)12-4-6-19-7-5-12)11-13-2-3-14(18)10-15(13)17;/h2-3,10,12,19H,4-9,11H2,1H3;1H. The predicted octanol–water partition coefficient (Wildman–Crippen LogP) is 2.88. The van der Waals surface area contributed by atoms with Gasteiger partial charge < -0.3 is 15.0 Å². The molecule has 0 aliphatic carbocycles. The van der Waals surface area contributed by atoms with Crippen molar-refractivity contribution < 1.29 is 13.9 Å². The quantitative estimate of drug-likeness (QED) is 0.843. The number of carbonyl (C=O) groups excluding carboxylic acids is 1. The first-order valence-electron chi connectivity index (χ1n) is 7.54. The Labute approximate surface area is 147 Å². The second-order valence-corrected chi connectivity index (χ2v) is 5.92. The molecule has 0 bridgehead atoms. The zero-order chi connectivity index (χ0) is 15.9. The molecule has 1 heterocycles. The number of methoxy groups -OCH3 is 1. The Bertz CT molecular complexity index is 511. The topological polar surface area (TPSA) is 41.6 Å². The molecule has 130 valence electrons. The van der Waals surface area contributed by atoms with Crippen molar-refractivity contribution in [1.29, 1.82) is 0 Å². The number of halogens is 3. The Hall–Kier alpha value is -0.880. The Kier molecular flexibility index (Phi) is 8.84. The predicted molar refractivity (Wildman–Crippen MR) is 91.5 cm³/mol. The lowest BCUT2D eigenvalue weighted by molar-refractivity contribution is -0.137. The Morgan fingerprint density at radius 3 is 2.74 bits per heavy atom. The largest absolute Gasteiger partial charge is 0.383 e. The third kappa shape index (κ3) is 5.92. The van der Waals surface area contributed by atoms with Gasteiger partial charge in [-0.25, -0.2) is 4.39 Å². The van der Waals surface area contributed by atoms with Crippen LogP contribution in [0.4, 0.5) is 4.39 Å². The lowest BCUT2D eigenvalue weighted by Crippen LogP contribution is -2.42. The normalized spacial score (nSPS) is 15.1. The highest BCUT2D eigenvalue weighted by atomic mass is 35.5. The average molecular weight is 365 g/mol. The molecule has 1 saturated heterocycles. The molecule has 1 amide bonds. The van der Waals surface area contributed by atoms with Gasteiger partial charge in [0.1, 0.15) is 5.82 Å². The fourth-order valence-electron chi connectivity index (χ4n) is 2.65. The summed E-state index contributed by atoms with van der Waals surface area (Å²) >= 11 is 6.08. The van der Waals surface area contributed by atoms with Crippen LogP contribution >= 0.6 is 24.0 Å². The zero-order valence-electron chi connectivity index (χ0n) is 13.2. The summed E-state index contributed by atoms with van der Waals surface area (Å²) in [6.45, 7) is 3.09. The maximum atomic E-state index is 13.1. The van der Waals surface area contributed by atoms with Crippen molar-refractivity contribution in [2.75, 3.05) is 33.4 Å². The lowest BCUT2D eigenvalue weighted by Gasteiger charge is -2.30. The van der Waals surface area contributed by atoms with Gasteiger partial charge in [-0.1, -0.05) is 17.7 Å². The molecule has 0 spiro atoms. The molecule has 1 aromatic rings. The van der Waals surface area contributed by atoms with Crippen molar-refractivity contribution in [3.05, 3.63) is 34.6 Å². The molecule has 0 unspecified atom stereocenters. The third-order valence-electron chi connectivity index (χ3n) is 3.94. The number of ether oxygens (including phenoxy) is 1. The van der Waals surface area contributed by atoms with Gasteiger partial charge in [-0.05, 0) is 43.6 Å². The Morgan fingerprint density at radius 2 is 2.13 bits per heavy atom. The first-order chi connectivity index (χ1) is 10.6. The number of hydrogen-bond donors (Lipinski definition) is 1. The van der Waals surface area contributed by atoms with Gasteiger partial charge in [0.15, 0.2) is 0 Å². The SMILES string of the molecule is COCCN(Cc1ccc(F)cc1Cl)C(=O)C1CCNCC1.Cl. The molecule has 0 aromatic heterocycles. The molecule has 1 aliphatic rings. The molecule has 1 N–H and O–H groups in total. The van der Waals surface area contributed by atoms with Crippen molar-refractivity contribution in [3.8, 4) is 0 Å². The van der Waals surface area contributed by atoms with Crippen LogP contribution in [0.15, 0.2) is 18.2 Å². The summed E-state index contributed by atoms with van der Waals surface area (Å²) in [4.78, 5) is 14.5. The molecule has 1 fully saturated rings. The van der Waals surface area contributed by atoms with Crippen LogP contribution in [0.25, 0.3) is 0 Å². The molecule has 7 heteroatoms. The Morgan fingerprint density at radius 1 is 1.43 bits per heavy atom. The molecular formula is C16H23Cl2FN2O2. The maximum Gasteiger partial charge on any atom is 0.226 e. The van der Waals surface area contributed by atoms with Crippen molar-refractivity contribution >= 4 is 29.9 Å². The lowest BCUT2D eigenvalue weighted by atomic mass is 9.96. The van der Waals surface area contributed by atoms with Gasteiger partial charge in [0.2, 0.25) is 5.91 Å². The summed E-state index contributed by atoms with van der Waals surface area (Å²) in [6.07, 6.45) is 1.69.